The van der Waals surface area contributed by atoms with Gasteiger partial charge in [0, 0.05) is 6.04 Å². The minimum atomic E-state index is -5.04. The molecule has 29 heavy (non-hydrogen) atoms. The fraction of sp³-hybridized carbons (Fsp3) is 0.850. The minimum Gasteiger partial charge on any atom is -0.444 e. The Labute approximate surface area is 169 Å². The SMILES string of the molecule is CC(C)[C@H](NC(=O)[C@@H]1C[C@@H]2CCCC[C@@H]2N1C(=O)OC(C)(C)C)C(=O)C(F)(F)F. The van der Waals surface area contributed by atoms with E-state index >= 15 is 0 Å². The first-order valence-corrected chi connectivity index (χ1v) is 10.1. The second-order valence-corrected chi connectivity index (χ2v) is 9.34. The lowest BCUT2D eigenvalue weighted by atomic mass is 9.84. The van der Waals surface area contributed by atoms with Crippen LogP contribution in [-0.4, -0.2) is 52.6 Å². The molecule has 0 unspecified atom stereocenters. The van der Waals surface area contributed by atoms with Gasteiger partial charge in [-0.3, -0.25) is 14.5 Å². The molecule has 6 nitrogen and oxygen atoms in total. The summed E-state index contributed by atoms with van der Waals surface area (Å²) in [7, 11) is 0. The summed E-state index contributed by atoms with van der Waals surface area (Å²) >= 11 is 0. The molecule has 1 heterocycles. The summed E-state index contributed by atoms with van der Waals surface area (Å²) < 4.78 is 44.3. The lowest BCUT2D eigenvalue weighted by molar-refractivity contribution is -0.175. The molecular weight excluding hydrogens is 389 g/mol. The largest absolute Gasteiger partial charge is 0.452 e. The number of ether oxygens (including phenoxy) is 1. The number of hydrogen-bond donors (Lipinski definition) is 1. The lowest BCUT2D eigenvalue weighted by Gasteiger charge is -2.35. The van der Waals surface area contributed by atoms with Crippen LogP contribution in [0.5, 0.6) is 0 Å². The zero-order valence-corrected chi connectivity index (χ0v) is 17.6. The van der Waals surface area contributed by atoms with Gasteiger partial charge in [-0.2, -0.15) is 13.2 Å². The number of nitrogens with zero attached hydrogens (tertiary/aromatic N) is 1. The smallest absolute Gasteiger partial charge is 0.444 e. The highest BCUT2D eigenvalue weighted by Crippen LogP contribution is 2.40. The molecule has 0 aromatic rings. The highest BCUT2D eigenvalue weighted by Gasteiger charge is 2.51. The van der Waals surface area contributed by atoms with E-state index in [1.807, 2.05) is 0 Å². The van der Waals surface area contributed by atoms with Gasteiger partial charge in [0.05, 0.1) is 6.04 Å². The molecule has 0 aromatic carbocycles. The number of hydrogen-bond acceptors (Lipinski definition) is 4. The number of nitrogens with one attached hydrogen (secondary N) is 1. The number of alkyl halides is 3. The topological polar surface area (TPSA) is 75.7 Å². The van der Waals surface area contributed by atoms with Gasteiger partial charge in [0.25, 0.3) is 5.78 Å². The van der Waals surface area contributed by atoms with E-state index in [-0.39, 0.29) is 12.0 Å². The first kappa shape index (κ1) is 23.5. The molecule has 0 bridgehead atoms. The quantitative estimate of drug-likeness (QED) is 0.750. The maximum atomic E-state index is 12.9. The molecule has 1 aliphatic heterocycles. The van der Waals surface area contributed by atoms with Gasteiger partial charge in [0.2, 0.25) is 5.91 Å². The molecule has 2 rings (SSSR count). The van der Waals surface area contributed by atoms with Crippen molar-refractivity contribution in [3.05, 3.63) is 0 Å². The Kier molecular flexibility index (Phi) is 6.89. The number of fused-ring (bicyclic) bond motifs is 1. The highest BCUT2D eigenvalue weighted by atomic mass is 19.4. The molecule has 1 N–H and O–H groups in total. The van der Waals surface area contributed by atoms with Crippen molar-refractivity contribution >= 4 is 17.8 Å². The van der Waals surface area contributed by atoms with Crippen molar-refractivity contribution in [1.82, 2.24) is 10.2 Å². The second kappa shape index (κ2) is 8.52. The predicted molar refractivity (Wildman–Crippen MR) is 100 cm³/mol. The fourth-order valence-electron chi connectivity index (χ4n) is 4.23. The summed E-state index contributed by atoms with van der Waals surface area (Å²) in [5.74, 6) is -3.36. The van der Waals surface area contributed by atoms with E-state index in [0.717, 1.165) is 25.7 Å². The van der Waals surface area contributed by atoms with Crippen LogP contribution in [0.15, 0.2) is 0 Å². The zero-order chi connectivity index (χ0) is 22.1. The average Bonchev–Trinajstić information content (AvgIpc) is 2.96. The van der Waals surface area contributed by atoms with E-state index in [2.05, 4.69) is 5.32 Å². The van der Waals surface area contributed by atoms with Crippen molar-refractivity contribution in [2.75, 3.05) is 0 Å². The van der Waals surface area contributed by atoms with Gasteiger partial charge in [-0.15, -0.1) is 0 Å². The monoisotopic (exact) mass is 420 g/mol. The first-order valence-electron chi connectivity index (χ1n) is 10.1. The van der Waals surface area contributed by atoms with Crippen LogP contribution >= 0.6 is 0 Å². The zero-order valence-electron chi connectivity index (χ0n) is 17.6. The number of ketones is 1. The third kappa shape index (κ3) is 5.63. The van der Waals surface area contributed by atoms with E-state index in [4.69, 9.17) is 4.74 Å². The van der Waals surface area contributed by atoms with Crippen molar-refractivity contribution in [2.45, 2.75) is 96.6 Å². The minimum absolute atomic E-state index is 0.0998. The Morgan fingerprint density at radius 1 is 1.07 bits per heavy atom. The van der Waals surface area contributed by atoms with Crippen molar-refractivity contribution < 1.29 is 32.3 Å². The average molecular weight is 420 g/mol. The van der Waals surface area contributed by atoms with Crippen molar-refractivity contribution in [3.63, 3.8) is 0 Å². The van der Waals surface area contributed by atoms with E-state index in [1.165, 1.54) is 18.7 Å². The summed E-state index contributed by atoms with van der Waals surface area (Å²) in [6.45, 7) is 8.02. The molecule has 1 aliphatic carbocycles. The van der Waals surface area contributed by atoms with E-state index < -0.39 is 47.6 Å². The highest BCUT2D eigenvalue weighted by molar-refractivity contribution is 5.95. The summed E-state index contributed by atoms with van der Waals surface area (Å²) in [6, 6.07) is -2.81. The molecule has 0 aromatic heterocycles. The summed E-state index contributed by atoms with van der Waals surface area (Å²) in [4.78, 5) is 38.9. The Morgan fingerprint density at radius 2 is 1.66 bits per heavy atom. The molecule has 0 radical (unpaired) electrons. The molecule has 166 valence electrons. The van der Waals surface area contributed by atoms with Crippen LogP contribution in [0, 0.1) is 11.8 Å². The summed E-state index contributed by atoms with van der Waals surface area (Å²) in [5, 5.41) is 2.26. The van der Waals surface area contributed by atoms with Crippen LogP contribution in [-0.2, 0) is 14.3 Å². The molecule has 2 amide bonds. The van der Waals surface area contributed by atoms with Crippen molar-refractivity contribution in [2.24, 2.45) is 11.8 Å². The normalized spacial score (nSPS) is 26.1. The number of halogens is 3. The van der Waals surface area contributed by atoms with E-state index in [9.17, 15) is 27.6 Å². The van der Waals surface area contributed by atoms with Gasteiger partial charge in [-0.1, -0.05) is 26.7 Å². The van der Waals surface area contributed by atoms with Crippen LogP contribution in [0.2, 0.25) is 0 Å². The van der Waals surface area contributed by atoms with Crippen LogP contribution in [0.4, 0.5) is 18.0 Å². The van der Waals surface area contributed by atoms with Crippen molar-refractivity contribution in [1.29, 1.82) is 0 Å². The lowest BCUT2D eigenvalue weighted by Crippen LogP contribution is -2.56. The van der Waals surface area contributed by atoms with Gasteiger partial charge in [-0.05, 0) is 51.9 Å². The van der Waals surface area contributed by atoms with E-state index in [0.29, 0.717) is 6.42 Å². The van der Waals surface area contributed by atoms with E-state index in [1.54, 1.807) is 20.8 Å². The Morgan fingerprint density at radius 3 is 2.17 bits per heavy atom. The number of amides is 2. The molecule has 1 saturated carbocycles. The third-order valence-corrected chi connectivity index (χ3v) is 5.52. The van der Waals surface area contributed by atoms with Gasteiger partial charge in [0.1, 0.15) is 11.6 Å². The Hall–Kier alpha value is -1.80. The molecule has 9 heteroatoms. The molecule has 1 saturated heterocycles. The predicted octanol–water partition coefficient (Wildman–Crippen LogP) is 3.83. The van der Waals surface area contributed by atoms with Crippen LogP contribution in [0.1, 0.15) is 66.7 Å². The van der Waals surface area contributed by atoms with Gasteiger partial charge in [-0.25, -0.2) is 4.79 Å². The standard InChI is InChI=1S/C20H31F3N2O4/c1-11(2)15(16(26)20(21,22)23)24-17(27)14-10-12-8-6-7-9-13(12)25(14)18(28)29-19(3,4)5/h11-15H,6-10H2,1-5H3,(H,24,27)/t12-,13-,14-,15-/m0/s1. The fourth-order valence-corrected chi connectivity index (χ4v) is 4.23. The molecule has 2 fully saturated rings. The number of likely N-dealkylation sites (tertiary alicyclic amines) is 1. The Bertz CT molecular complexity index is 643. The maximum Gasteiger partial charge on any atom is 0.452 e. The second-order valence-electron chi connectivity index (χ2n) is 9.34. The van der Waals surface area contributed by atoms with Crippen LogP contribution in [0.3, 0.4) is 0 Å². The number of rotatable bonds is 4. The maximum absolute atomic E-state index is 12.9. The molecule has 2 aliphatic rings. The number of carbonyl (C=O) groups is 3. The Balaban J connectivity index is 2.25. The molecule has 0 spiro atoms. The van der Waals surface area contributed by atoms with Gasteiger partial charge >= 0.3 is 12.3 Å². The van der Waals surface area contributed by atoms with Gasteiger partial charge < -0.3 is 10.1 Å². The first-order chi connectivity index (χ1) is 13.2. The molecular formula is C20H31F3N2O4. The summed E-state index contributed by atoms with van der Waals surface area (Å²) in [5.41, 5.74) is -0.766. The number of Topliss-reactive ketones (excluding diaryl/α,β-unsaturated/α-hetero) is 1. The third-order valence-electron chi connectivity index (χ3n) is 5.52. The van der Waals surface area contributed by atoms with Crippen molar-refractivity contribution in [3.8, 4) is 0 Å². The van der Waals surface area contributed by atoms with Crippen LogP contribution < -0.4 is 5.32 Å². The number of carbonyl (C=O) groups excluding carboxylic acids is 3. The van der Waals surface area contributed by atoms with Gasteiger partial charge in [0.15, 0.2) is 0 Å². The summed E-state index contributed by atoms with van der Waals surface area (Å²) in [6.07, 6.45) is -1.85. The molecule has 4 atom stereocenters. The van der Waals surface area contributed by atoms with Crippen LogP contribution in [0.25, 0.3) is 0 Å².